The van der Waals surface area contributed by atoms with E-state index < -0.39 is 0 Å². The van der Waals surface area contributed by atoms with Gasteiger partial charge in [-0.25, -0.2) is 0 Å². The van der Waals surface area contributed by atoms with E-state index in [0.717, 1.165) is 77.8 Å². The van der Waals surface area contributed by atoms with Gasteiger partial charge in [0.2, 0.25) is 17.7 Å². The number of nitrogens with zero attached hydrogens (tertiary/aromatic N) is 6. The van der Waals surface area contributed by atoms with E-state index in [1.807, 2.05) is 0 Å². The summed E-state index contributed by atoms with van der Waals surface area (Å²) in [7, 11) is 12.4. The Bertz CT molecular complexity index is 859. The SMILES string of the molecule is CC(=O)CC(=O)N1CCC(N(C)C)CC1.CC(=O)CC(=O)N1CCC(N(C)C)CC1.CC(=O)CC(=O)N1CCC(N(C)C)CC1.[Fe+3]. The number of carbonyl (C=O) groups excluding carboxylic acids is 6. The second kappa shape index (κ2) is 22.4. The van der Waals surface area contributed by atoms with Crippen LogP contribution in [0.15, 0.2) is 0 Å². The van der Waals surface area contributed by atoms with Crippen LogP contribution in [0.25, 0.3) is 0 Å². The molecule has 0 aliphatic carbocycles. The topological polar surface area (TPSA) is 122 Å². The van der Waals surface area contributed by atoms with E-state index in [-0.39, 0.29) is 71.4 Å². The Balaban J connectivity index is 0.000000653. The van der Waals surface area contributed by atoms with Gasteiger partial charge in [0, 0.05) is 57.4 Å². The average Bonchev–Trinajstić information content (AvgIpc) is 2.97. The van der Waals surface area contributed by atoms with Crippen LogP contribution < -0.4 is 0 Å². The first kappa shape index (κ1) is 43.8. The third-order valence-corrected chi connectivity index (χ3v) is 8.84. The van der Waals surface area contributed by atoms with Crippen LogP contribution in [0.4, 0.5) is 0 Å². The van der Waals surface area contributed by atoms with Crippen LogP contribution in [0.2, 0.25) is 0 Å². The van der Waals surface area contributed by atoms with Crippen molar-refractivity contribution in [1.82, 2.24) is 29.4 Å². The zero-order valence-corrected chi connectivity index (χ0v) is 30.9. The summed E-state index contributed by atoms with van der Waals surface area (Å²) in [6.45, 7) is 9.11. The second-order valence-electron chi connectivity index (χ2n) is 13.4. The van der Waals surface area contributed by atoms with E-state index in [9.17, 15) is 28.8 Å². The van der Waals surface area contributed by atoms with Crippen molar-refractivity contribution in [2.24, 2.45) is 0 Å². The third-order valence-electron chi connectivity index (χ3n) is 8.84. The van der Waals surface area contributed by atoms with Crippen LogP contribution in [0.1, 0.15) is 78.6 Å². The van der Waals surface area contributed by atoms with Gasteiger partial charge in [0.15, 0.2) is 0 Å². The fourth-order valence-corrected chi connectivity index (χ4v) is 5.87. The van der Waals surface area contributed by atoms with Gasteiger partial charge < -0.3 is 29.4 Å². The Morgan fingerprint density at radius 1 is 0.435 bits per heavy atom. The molecule has 0 N–H and O–H groups in total. The molecule has 3 aliphatic rings. The zero-order chi connectivity index (χ0) is 34.3. The number of rotatable bonds is 9. The molecule has 12 nitrogen and oxygen atoms in total. The van der Waals surface area contributed by atoms with E-state index in [4.69, 9.17) is 0 Å². The summed E-state index contributed by atoms with van der Waals surface area (Å²) in [6.07, 6.45) is 6.25. The summed E-state index contributed by atoms with van der Waals surface area (Å²) in [4.78, 5) is 79.2. The molecule has 0 saturated carbocycles. The van der Waals surface area contributed by atoms with Gasteiger partial charge in [-0.3, -0.25) is 28.8 Å². The standard InChI is InChI=1S/3C11H20N2O2.Fe/c3*1-9(14)8-11(15)13-6-4-10(5-7-13)12(2)3;/h3*10H,4-8H2,1-3H3;/q;;;+3. The Morgan fingerprint density at radius 3 is 0.739 bits per heavy atom. The summed E-state index contributed by atoms with van der Waals surface area (Å²) in [6, 6.07) is 1.73. The minimum atomic E-state index is -0.0465. The molecule has 46 heavy (non-hydrogen) atoms. The molecule has 13 heteroatoms. The van der Waals surface area contributed by atoms with Gasteiger partial charge in [0.25, 0.3) is 0 Å². The van der Waals surface area contributed by atoms with Gasteiger partial charge >= 0.3 is 17.1 Å². The molecule has 3 fully saturated rings. The predicted octanol–water partition coefficient (Wildman–Crippen LogP) is 1.55. The maximum absolute atomic E-state index is 11.6. The number of Topliss-reactive ketones (excluding diaryl/α,β-unsaturated/α-hetero) is 3. The Morgan fingerprint density at radius 2 is 0.609 bits per heavy atom. The second-order valence-corrected chi connectivity index (χ2v) is 13.4. The molecule has 0 unspecified atom stereocenters. The van der Waals surface area contributed by atoms with E-state index >= 15 is 0 Å². The fourth-order valence-electron chi connectivity index (χ4n) is 5.87. The Kier molecular flexibility index (Phi) is 21.3. The summed E-state index contributed by atoms with van der Waals surface area (Å²) < 4.78 is 0. The molecule has 3 aliphatic heterocycles. The van der Waals surface area contributed by atoms with Gasteiger partial charge in [-0.15, -0.1) is 0 Å². The molecule has 3 heterocycles. The van der Waals surface area contributed by atoms with Crippen molar-refractivity contribution in [3.05, 3.63) is 0 Å². The largest absolute Gasteiger partial charge is 3.00 e. The normalized spacial score (nSPS) is 17.9. The van der Waals surface area contributed by atoms with Gasteiger partial charge in [-0.05, 0) is 102 Å². The quantitative estimate of drug-likeness (QED) is 0.262. The van der Waals surface area contributed by atoms with E-state index in [2.05, 4.69) is 57.0 Å². The van der Waals surface area contributed by atoms with Gasteiger partial charge in [0.1, 0.15) is 17.3 Å². The van der Waals surface area contributed by atoms with Crippen LogP contribution in [-0.2, 0) is 45.8 Å². The summed E-state index contributed by atoms with van der Waals surface area (Å²) in [5.41, 5.74) is 0. The van der Waals surface area contributed by atoms with Crippen molar-refractivity contribution in [2.75, 3.05) is 81.6 Å². The molecule has 0 spiro atoms. The summed E-state index contributed by atoms with van der Waals surface area (Å²) in [5, 5.41) is 0. The van der Waals surface area contributed by atoms with E-state index in [0.29, 0.717) is 18.1 Å². The monoisotopic (exact) mass is 692 g/mol. The molecule has 0 aromatic carbocycles. The maximum Gasteiger partial charge on any atom is 3.00 e. The van der Waals surface area contributed by atoms with Gasteiger partial charge in [-0.1, -0.05) is 0 Å². The molecule has 0 atom stereocenters. The van der Waals surface area contributed by atoms with Crippen molar-refractivity contribution >= 4 is 35.1 Å². The molecule has 3 amide bonds. The van der Waals surface area contributed by atoms with Crippen molar-refractivity contribution in [1.29, 1.82) is 0 Å². The fraction of sp³-hybridized carbons (Fsp3) is 0.818. The van der Waals surface area contributed by atoms with Gasteiger partial charge in [0.05, 0.1) is 19.3 Å². The first-order valence-corrected chi connectivity index (χ1v) is 16.3. The minimum absolute atomic E-state index is 0. The smallest absolute Gasteiger partial charge is 0.342 e. The number of piperidine rings is 3. The van der Waals surface area contributed by atoms with Crippen LogP contribution in [0.3, 0.4) is 0 Å². The van der Waals surface area contributed by atoms with Crippen molar-refractivity contribution < 1.29 is 45.8 Å². The van der Waals surface area contributed by atoms with Gasteiger partial charge in [-0.2, -0.15) is 0 Å². The Hall–Kier alpha value is -2.18. The maximum atomic E-state index is 11.6. The molecule has 3 rings (SSSR count). The zero-order valence-electron chi connectivity index (χ0n) is 29.8. The molecule has 1 radical (unpaired) electrons. The number of hydrogen-bond donors (Lipinski definition) is 0. The number of ketones is 3. The van der Waals surface area contributed by atoms with Crippen molar-refractivity contribution in [2.45, 2.75) is 96.7 Å². The first-order chi connectivity index (χ1) is 21.0. The molecule has 0 bridgehead atoms. The third kappa shape index (κ3) is 17.1. The first-order valence-electron chi connectivity index (χ1n) is 16.3. The number of hydrogen-bond acceptors (Lipinski definition) is 9. The number of carbonyl (C=O) groups is 6. The number of likely N-dealkylation sites (tertiary alicyclic amines) is 3. The predicted molar refractivity (Wildman–Crippen MR) is 176 cm³/mol. The molecule has 0 aromatic heterocycles. The Labute approximate surface area is 288 Å². The molecule has 0 aromatic rings. The van der Waals surface area contributed by atoms with E-state index in [1.165, 1.54) is 20.8 Å². The average molecular weight is 693 g/mol. The molecular formula is C33H60FeN6O6+3. The molecule has 3 saturated heterocycles. The van der Waals surface area contributed by atoms with Crippen LogP contribution in [0.5, 0.6) is 0 Å². The van der Waals surface area contributed by atoms with Crippen LogP contribution >= 0.6 is 0 Å². The summed E-state index contributed by atoms with van der Waals surface area (Å²) >= 11 is 0. The van der Waals surface area contributed by atoms with Crippen molar-refractivity contribution in [3.63, 3.8) is 0 Å². The van der Waals surface area contributed by atoms with Crippen molar-refractivity contribution in [3.8, 4) is 0 Å². The van der Waals surface area contributed by atoms with E-state index in [1.54, 1.807) is 14.7 Å². The van der Waals surface area contributed by atoms with Crippen LogP contribution in [-0.4, -0.2) is 164 Å². The summed E-state index contributed by atoms with van der Waals surface area (Å²) in [5.74, 6) is -0.182. The minimum Gasteiger partial charge on any atom is -0.342 e. The molecular weight excluding hydrogens is 632 g/mol. The molecule has 263 valence electrons. The number of amides is 3. The van der Waals surface area contributed by atoms with Crippen LogP contribution in [0, 0.1) is 0 Å².